The molecule has 4 aromatic heterocycles. The number of methoxy groups -OCH3 is 1. The number of hydrogen-bond acceptors (Lipinski definition) is 9. The number of amides is 1. The van der Waals surface area contributed by atoms with Crippen LogP contribution in [0.5, 0.6) is 5.75 Å². The molecule has 2 unspecified atom stereocenters. The molecule has 1 N–H and O–H groups in total. The van der Waals surface area contributed by atoms with Crippen molar-refractivity contribution in [1.29, 1.82) is 5.26 Å². The Morgan fingerprint density at radius 3 is 2.73 bits per heavy atom. The summed E-state index contributed by atoms with van der Waals surface area (Å²) in [5.41, 5.74) is 3.79. The fraction of sp³-hybridized carbons (Fsp3) is 0.346. The number of thiazole rings is 1. The molecule has 11 heteroatoms. The Morgan fingerprint density at radius 1 is 1.11 bits per heavy atom. The van der Waals surface area contributed by atoms with E-state index in [1.807, 2.05) is 13.0 Å². The third-order valence-corrected chi connectivity index (χ3v) is 8.45. The molecule has 0 spiro atoms. The third-order valence-electron chi connectivity index (χ3n) is 7.39. The van der Waals surface area contributed by atoms with Crippen molar-refractivity contribution in [1.82, 2.24) is 24.9 Å². The molecule has 0 radical (unpaired) electrons. The smallest absolute Gasteiger partial charge is 0.259 e. The lowest BCUT2D eigenvalue weighted by molar-refractivity contribution is 0.102. The minimum Gasteiger partial charge on any atom is -0.494 e. The van der Waals surface area contributed by atoms with E-state index in [2.05, 4.69) is 31.3 Å². The topological polar surface area (TPSA) is 127 Å². The van der Waals surface area contributed by atoms with Crippen LogP contribution >= 0.6 is 22.9 Å². The fourth-order valence-corrected chi connectivity index (χ4v) is 6.64. The van der Waals surface area contributed by atoms with Gasteiger partial charge in [-0.1, -0.05) is 22.9 Å². The van der Waals surface area contributed by atoms with Gasteiger partial charge < -0.3 is 4.74 Å². The Morgan fingerprint density at radius 2 is 1.97 bits per heavy atom. The maximum absolute atomic E-state index is 13.4. The number of carbonyl (C=O) groups excluding carboxylic acids is 1. The number of hydrogen-bond donors (Lipinski definition) is 1. The van der Waals surface area contributed by atoms with E-state index >= 15 is 0 Å². The Kier molecular flexibility index (Phi) is 5.97. The van der Waals surface area contributed by atoms with Gasteiger partial charge >= 0.3 is 0 Å². The molecule has 1 amide bonds. The Labute approximate surface area is 221 Å². The molecule has 186 valence electrons. The molecular formula is C26H22ClN7O2S. The Balaban J connectivity index is 1.27. The van der Waals surface area contributed by atoms with Gasteiger partial charge in [-0.05, 0) is 50.2 Å². The van der Waals surface area contributed by atoms with E-state index < -0.39 is 0 Å². The van der Waals surface area contributed by atoms with Crippen LogP contribution in [-0.2, 0) is 0 Å². The van der Waals surface area contributed by atoms with Crippen molar-refractivity contribution in [2.45, 2.75) is 32.1 Å². The highest BCUT2D eigenvalue weighted by Gasteiger charge is 2.47. The Hall–Kier alpha value is -3.68. The predicted molar refractivity (Wildman–Crippen MR) is 140 cm³/mol. The van der Waals surface area contributed by atoms with Crippen molar-refractivity contribution in [3.05, 3.63) is 52.8 Å². The van der Waals surface area contributed by atoms with Gasteiger partial charge in [0, 0.05) is 34.9 Å². The molecule has 0 aliphatic heterocycles. The van der Waals surface area contributed by atoms with Crippen molar-refractivity contribution >= 4 is 44.5 Å². The summed E-state index contributed by atoms with van der Waals surface area (Å²) in [6.45, 7) is 1.85. The lowest BCUT2D eigenvalue weighted by Gasteiger charge is -2.23. The maximum atomic E-state index is 13.4. The predicted octanol–water partition coefficient (Wildman–Crippen LogP) is 5.42. The summed E-state index contributed by atoms with van der Waals surface area (Å²) < 4.78 is 5.46. The molecule has 2 aliphatic carbocycles. The number of nitrogens with zero attached hydrogens (tertiary/aromatic N) is 6. The first-order valence-corrected chi connectivity index (χ1v) is 13.1. The molecule has 2 saturated carbocycles. The number of carbonyl (C=O) groups is 1. The molecule has 6 rings (SSSR count). The van der Waals surface area contributed by atoms with E-state index in [0.717, 1.165) is 30.7 Å². The quantitative estimate of drug-likeness (QED) is 0.338. The zero-order chi connectivity index (χ0) is 25.7. The molecule has 4 aromatic rings. The van der Waals surface area contributed by atoms with Crippen LogP contribution in [-0.4, -0.2) is 37.9 Å². The van der Waals surface area contributed by atoms with Gasteiger partial charge in [-0.15, -0.1) is 0 Å². The van der Waals surface area contributed by atoms with Crippen molar-refractivity contribution in [2.24, 2.45) is 17.8 Å². The van der Waals surface area contributed by atoms with Crippen LogP contribution in [0.25, 0.3) is 21.6 Å². The number of pyridine rings is 2. The van der Waals surface area contributed by atoms with Gasteiger partial charge in [0.05, 0.1) is 36.8 Å². The van der Waals surface area contributed by atoms with Crippen LogP contribution in [0.3, 0.4) is 0 Å². The molecule has 0 aromatic carbocycles. The number of anilines is 1. The number of nitriles is 1. The van der Waals surface area contributed by atoms with E-state index in [-0.39, 0.29) is 17.0 Å². The number of ether oxygens (including phenoxy) is 1. The van der Waals surface area contributed by atoms with Crippen molar-refractivity contribution < 1.29 is 9.53 Å². The average molecular weight is 532 g/mol. The van der Waals surface area contributed by atoms with Crippen LogP contribution in [0.2, 0.25) is 5.15 Å². The van der Waals surface area contributed by atoms with Crippen LogP contribution < -0.4 is 10.1 Å². The highest BCUT2D eigenvalue weighted by molar-refractivity contribution is 7.21. The number of aromatic nitrogens is 5. The largest absolute Gasteiger partial charge is 0.494 e. The zero-order valence-electron chi connectivity index (χ0n) is 20.1. The highest BCUT2D eigenvalue weighted by atomic mass is 35.5. The van der Waals surface area contributed by atoms with E-state index in [4.69, 9.17) is 21.3 Å². The van der Waals surface area contributed by atoms with Crippen molar-refractivity contribution in [2.75, 3.05) is 12.4 Å². The lowest BCUT2D eigenvalue weighted by Crippen LogP contribution is -2.16. The van der Waals surface area contributed by atoms with Gasteiger partial charge in [0.1, 0.15) is 10.9 Å². The minimum absolute atomic E-state index is 0.174. The van der Waals surface area contributed by atoms with E-state index in [1.54, 1.807) is 12.3 Å². The summed E-state index contributed by atoms with van der Waals surface area (Å²) in [5, 5.41) is 12.9. The van der Waals surface area contributed by atoms with Gasteiger partial charge in [0.15, 0.2) is 15.6 Å². The summed E-state index contributed by atoms with van der Waals surface area (Å²) in [6, 6.07) is 5.92. The summed E-state index contributed by atoms with van der Waals surface area (Å²) in [6.07, 6.45) is 7.86. The molecular weight excluding hydrogens is 510 g/mol. The number of aryl methyl sites for hydroxylation is 1. The normalized spacial score (nSPS) is 22.2. The van der Waals surface area contributed by atoms with Gasteiger partial charge in [0.2, 0.25) is 0 Å². The highest BCUT2D eigenvalue weighted by Crippen LogP contribution is 2.55. The first-order chi connectivity index (χ1) is 17.9. The zero-order valence-corrected chi connectivity index (χ0v) is 21.7. The molecule has 9 nitrogen and oxygen atoms in total. The first-order valence-electron chi connectivity index (χ1n) is 11.9. The molecule has 4 heterocycles. The van der Waals surface area contributed by atoms with Crippen LogP contribution in [0.4, 0.5) is 5.13 Å². The summed E-state index contributed by atoms with van der Waals surface area (Å²) in [5.74, 6) is 1.57. The molecule has 2 aliphatic rings. The summed E-state index contributed by atoms with van der Waals surface area (Å²) in [4.78, 5) is 36.3. The van der Waals surface area contributed by atoms with E-state index in [1.165, 1.54) is 30.8 Å². The Bertz CT molecular complexity index is 1580. The monoisotopic (exact) mass is 531 g/mol. The van der Waals surface area contributed by atoms with E-state index in [9.17, 15) is 10.1 Å². The fourth-order valence-electron chi connectivity index (χ4n) is 5.68. The molecule has 37 heavy (non-hydrogen) atoms. The van der Waals surface area contributed by atoms with E-state index in [0.29, 0.717) is 55.8 Å². The third kappa shape index (κ3) is 4.28. The standard InChI is InChI=1S/C26H22ClN7O2S/c1-12-3-17(18-7-22(27)30-11-21(18)36-2)19(9-29-12)24(35)34-26-33-23-25(37-26)32-20(10-31-23)16-6-13-4-14(16)5-15(13)8-28/h3,7,9-11,13-16H,4-6H2,1-2H3,(H,31,33,34,35)/t13?,14?,15-,16-/m1/s1. The second-order valence-corrected chi connectivity index (χ2v) is 10.9. The first kappa shape index (κ1) is 23.7. The SMILES string of the molecule is COc1cnc(Cl)cc1-c1cc(C)ncc1C(=O)Nc1nc2ncc([C@@H]3CC4CC3C[C@@H]4C#N)nc2s1. The van der Waals surface area contributed by atoms with Crippen LogP contribution in [0, 0.1) is 36.0 Å². The lowest BCUT2D eigenvalue weighted by atomic mass is 9.81. The van der Waals surface area contributed by atoms with Gasteiger partial charge in [-0.3, -0.25) is 15.1 Å². The van der Waals surface area contributed by atoms with Gasteiger partial charge in [-0.25, -0.2) is 15.0 Å². The van der Waals surface area contributed by atoms with Gasteiger partial charge in [0.25, 0.3) is 5.91 Å². The van der Waals surface area contributed by atoms with Crippen molar-refractivity contribution in [3.8, 4) is 22.9 Å². The minimum atomic E-state index is -0.368. The number of rotatable bonds is 5. The number of fused-ring (bicyclic) bond motifs is 3. The van der Waals surface area contributed by atoms with Gasteiger partial charge in [-0.2, -0.15) is 10.2 Å². The molecule has 2 fully saturated rings. The van der Waals surface area contributed by atoms with Crippen LogP contribution in [0.1, 0.15) is 46.9 Å². The van der Waals surface area contributed by atoms with Crippen LogP contribution in [0.15, 0.2) is 30.7 Å². The summed E-state index contributed by atoms with van der Waals surface area (Å²) in [7, 11) is 1.54. The second kappa shape index (κ2) is 9.32. The molecule has 4 atom stereocenters. The van der Waals surface area contributed by atoms with Crippen molar-refractivity contribution in [3.63, 3.8) is 0 Å². The number of halogens is 1. The maximum Gasteiger partial charge on any atom is 0.259 e. The molecule has 0 saturated heterocycles. The average Bonchev–Trinajstić information content (AvgIpc) is 3.61. The molecule has 2 bridgehead atoms. The summed E-state index contributed by atoms with van der Waals surface area (Å²) >= 11 is 7.43. The number of nitrogens with one attached hydrogen (secondary N) is 1. The second-order valence-electron chi connectivity index (χ2n) is 9.54.